The number of hydrogen-bond donors (Lipinski definition) is 2. The van der Waals surface area contributed by atoms with Crippen molar-refractivity contribution in [1.82, 2.24) is 0 Å². The number of halogens is 1. The summed E-state index contributed by atoms with van der Waals surface area (Å²) in [5, 5.41) is 15.9. The van der Waals surface area contributed by atoms with Crippen molar-refractivity contribution < 1.29 is 33.7 Å². The lowest BCUT2D eigenvalue weighted by Crippen LogP contribution is -2.28. The summed E-state index contributed by atoms with van der Waals surface area (Å²) in [4.78, 5) is 19.5. The van der Waals surface area contributed by atoms with Crippen LogP contribution in [0, 0.1) is 0 Å². The fourth-order valence-corrected chi connectivity index (χ4v) is 0.405. The highest BCUT2D eigenvalue weighted by molar-refractivity contribution is 5.58. The van der Waals surface area contributed by atoms with Crippen LogP contribution in [-0.2, 0) is 9.47 Å². The Hall–Kier alpha value is -1.53. The Morgan fingerprint density at radius 2 is 1.67 bits per heavy atom. The highest BCUT2D eigenvalue weighted by Gasteiger charge is 2.23. The van der Waals surface area contributed by atoms with Gasteiger partial charge in [-0.3, -0.25) is 0 Å². The molecule has 0 spiro atoms. The molecule has 2 unspecified atom stereocenters. The quantitative estimate of drug-likeness (QED) is 0.634. The summed E-state index contributed by atoms with van der Waals surface area (Å²) >= 11 is 0. The van der Waals surface area contributed by atoms with Crippen LogP contribution in [0.25, 0.3) is 0 Å². The van der Waals surface area contributed by atoms with E-state index in [-0.39, 0.29) is 0 Å². The third kappa shape index (κ3) is 4.31. The summed E-state index contributed by atoms with van der Waals surface area (Å²) in [7, 11) is 0. The lowest BCUT2D eigenvalue weighted by atomic mass is 10.4. The molecule has 0 aliphatic rings. The van der Waals surface area contributed by atoms with Gasteiger partial charge in [0.05, 0.1) is 0 Å². The smallest absolute Gasteiger partial charge is 0.450 e. The summed E-state index contributed by atoms with van der Waals surface area (Å²) in [5.41, 5.74) is 0. The predicted molar refractivity (Wildman–Crippen MR) is 32.6 cm³/mol. The van der Waals surface area contributed by atoms with Crippen LogP contribution in [0.4, 0.5) is 14.0 Å². The minimum atomic E-state index is -2.31. The second-order valence-corrected chi connectivity index (χ2v) is 1.82. The van der Waals surface area contributed by atoms with Crippen LogP contribution in [0.5, 0.6) is 0 Å². The molecule has 0 rings (SSSR count). The van der Waals surface area contributed by atoms with Crippen LogP contribution < -0.4 is 0 Å². The van der Waals surface area contributed by atoms with Crippen LogP contribution in [0.3, 0.4) is 0 Å². The van der Waals surface area contributed by atoms with E-state index >= 15 is 0 Å². The van der Waals surface area contributed by atoms with E-state index in [2.05, 4.69) is 9.47 Å². The molecule has 0 heterocycles. The molecule has 2 N–H and O–H groups in total. The standard InChI is InChI=1S/C5H7FO6/c1-2(11-4(7)8)3(6)12-5(9)10/h2-3H,1H3,(H,7,8)(H,9,10). The minimum absolute atomic E-state index is 1.03. The average Bonchev–Trinajstić information content (AvgIpc) is 1.84. The zero-order valence-electron chi connectivity index (χ0n) is 6.06. The van der Waals surface area contributed by atoms with E-state index in [0.29, 0.717) is 0 Å². The van der Waals surface area contributed by atoms with Crippen molar-refractivity contribution in [3.8, 4) is 0 Å². The van der Waals surface area contributed by atoms with Gasteiger partial charge in [-0.25, -0.2) is 9.59 Å². The van der Waals surface area contributed by atoms with Gasteiger partial charge in [-0.05, 0) is 6.92 Å². The van der Waals surface area contributed by atoms with E-state index in [0.717, 1.165) is 6.92 Å². The van der Waals surface area contributed by atoms with E-state index in [9.17, 15) is 14.0 Å². The molecule has 0 aromatic carbocycles. The van der Waals surface area contributed by atoms with Crippen LogP contribution in [-0.4, -0.2) is 35.0 Å². The Bertz CT molecular complexity index is 161. The van der Waals surface area contributed by atoms with Crippen molar-refractivity contribution in [3.63, 3.8) is 0 Å². The maximum absolute atomic E-state index is 12.4. The van der Waals surface area contributed by atoms with Crippen molar-refractivity contribution in [2.45, 2.75) is 19.4 Å². The number of carboxylic acid groups (broad SMARTS) is 2. The zero-order chi connectivity index (χ0) is 9.72. The Morgan fingerprint density at radius 1 is 1.25 bits per heavy atom. The molecular weight excluding hydrogens is 175 g/mol. The van der Waals surface area contributed by atoms with Gasteiger partial charge in [0.2, 0.25) is 0 Å². The number of rotatable bonds is 3. The van der Waals surface area contributed by atoms with Crippen LogP contribution in [0.1, 0.15) is 6.92 Å². The van der Waals surface area contributed by atoms with E-state index in [1.165, 1.54) is 0 Å². The second kappa shape index (κ2) is 4.37. The van der Waals surface area contributed by atoms with E-state index in [1.54, 1.807) is 0 Å². The fraction of sp³-hybridized carbons (Fsp3) is 0.600. The van der Waals surface area contributed by atoms with Gasteiger partial charge in [0.15, 0.2) is 6.10 Å². The maximum atomic E-state index is 12.4. The molecule has 0 amide bonds. The topological polar surface area (TPSA) is 93.1 Å². The Morgan fingerprint density at radius 3 is 2.00 bits per heavy atom. The van der Waals surface area contributed by atoms with Gasteiger partial charge < -0.3 is 19.7 Å². The van der Waals surface area contributed by atoms with Gasteiger partial charge >= 0.3 is 12.3 Å². The monoisotopic (exact) mass is 182 g/mol. The molecule has 0 aromatic heterocycles. The second-order valence-electron chi connectivity index (χ2n) is 1.82. The largest absolute Gasteiger partial charge is 0.508 e. The molecular formula is C5H7FO6. The first kappa shape index (κ1) is 10.5. The molecule has 6 nitrogen and oxygen atoms in total. The van der Waals surface area contributed by atoms with Crippen molar-refractivity contribution in [2.24, 2.45) is 0 Å². The molecule has 0 saturated heterocycles. The van der Waals surface area contributed by atoms with Crippen molar-refractivity contribution in [3.05, 3.63) is 0 Å². The summed E-state index contributed by atoms with van der Waals surface area (Å²) in [6.45, 7) is 1.03. The average molecular weight is 182 g/mol. The molecule has 7 heteroatoms. The summed E-state index contributed by atoms with van der Waals surface area (Å²) in [5.74, 6) is 0. The van der Waals surface area contributed by atoms with E-state index in [4.69, 9.17) is 10.2 Å². The molecule has 0 aliphatic carbocycles. The summed E-state index contributed by atoms with van der Waals surface area (Å²) < 4.78 is 19.9. The number of carbonyl (C=O) groups is 2. The number of hydrogen-bond acceptors (Lipinski definition) is 4. The van der Waals surface area contributed by atoms with Gasteiger partial charge in [-0.15, -0.1) is 0 Å². The lowest BCUT2D eigenvalue weighted by molar-refractivity contribution is -0.0916. The third-order valence-electron chi connectivity index (χ3n) is 0.869. The van der Waals surface area contributed by atoms with Gasteiger partial charge in [0.25, 0.3) is 6.36 Å². The van der Waals surface area contributed by atoms with Gasteiger partial charge in [-0.2, -0.15) is 4.39 Å². The van der Waals surface area contributed by atoms with Gasteiger partial charge in [-0.1, -0.05) is 0 Å². The third-order valence-corrected chi connectivity index (χ3v) is 0.869. The predicted octanol–water partition coefficient (Wildman–Crippen LogP) is 1.06. The van der Waals surface area contributed by atoms with Crippen molar-refractivity contribution >= 4 is 12.3 Å². The maximum Gasteiger partial charge on any atom is 0.508 e. The Labute approximate surface area is 66.5 Å². The molecule has 0 aliphatic heterocycles. The van der Waals surface area contributed by atoms with Gasteiger partial charge in [0, 0.05) is 0 Å². The normalized spacial score (nSPS) is 14.5. The highest BCUT2D eigenvalue weighted by atomic mass is 19.1. The first-order chi connectivity index (χ1) is 5.43. The molecule has 2 atom stereocenters. The van der Waals surface area contributed by atoms with Crippen molar-refractivity contribution in [1.29, 1.82) is 0 Å². The molecule has 12 heavy (non-hydrogen) atoms. The summed E-state index contributed by atoms with van der Waals surface area (Å²) in [6, 6.07) is 0. The number of ether oxygens (including phenoxy) is 2. The van der Waals surface area contributed by atoms with Crippen LogP contribution in [0.2, 0.25) is 0 Å². The van der Waals surface area contributed by atoms with Crippen LogP contribution in [0.15, 0.2) is 0 Å². The first-order valence-electron chi connectivity index (χ1n) is 2.86. The Kier molecular flexibility index (Phi) is 3.81. The summed E-state index contributed by atoms with van der Waals surface area (Å²) in [6.07, 6.45) is -7.31. The molecule has 0 radical (unpaired) electrons. The fourth-order valence-electron chi connectivity index (χ4n) is 0.405. The highest BCUT2D eigenvalue weighted by Crippen LogP contribution is 2.05. The number of alkyl halides is 1. The molecule has 0 fully saturated rings. The minimum Gasteiger partial charge on any atom is -0.450 e. The molecule has 0 aromatic rings. The van der Waals surface area contributed by atoms with Crippen LogP contribution >= 0.6 is 0 Å². The van der Waals surface area contributed by atoms with Gasteiger partial charge in [0.1, 0.15) is 0 Å². The molecule has 70 valence electrons. The van der Waals surface area contributed by atoms with E-state index < -0.39 is 24.8 Å². The first-order valence-corrected chi connectivity index (χ1v) is 2.86. The SMILES string of the molecule is CC(OC(=O)O)C(F)OC(=O)O. The Balaban J connectivity index is 3.83. The molecule has 0 bridgehead atoms. The molecule has 0 saturated carbocycles. The zero-order valence-corrected chi connectivity index (χ0v) is 6.06. The van der Waals surface area contributed by atoms with E-state index in [1.807, 2.05) is 0 Å². The lowest BCUT2D eigenvalue weighted by Gasteiger charge is -2.13. The van der Waals surface area contributed by atoms with Crippen molar-refractivity contribution in [2.75, 3.05) is 0 Å².